The molecule has 1 rings (SSSR count). The molecule has 0 unspecified atom stereocenters. The molecule has 12 heavy (non-hydrogen) atoms. The number of rotatable bonds is 1. The van der Waals surface area contributed by atoms with Crippen molar-refractivity contribution in [2.45, 2.75) is 0 Å². The van der Waals surface area contributed by atoms with E-state index >= 15 is 0 Å². The van der Waals surface area contributed by atoms with Crippen LogP contribution < -0.4 is 5.73 Å². The Morgan fingerprint density at radius 2 is 2.00 bits per heavy atom. The number of hydrogen-bond acceptors (Lipinski definition) is 2. The van der Waals surface area contributed by atoms with Gasteiger partial charge in [-0.25, -0.2) is 0 Å². The Hall–Kier alpha value is -1.46. The topological polar surface area (TPSA) is 49.8 Å². The van der Waals surface area contributed by atoms with Crippen molar-refractivity contribution in [1.82, 2.24) is 0 Å². The van der Waals surface area contributed by atoms with Crippen LogP contribution in [0.15, 0.2) is 30.3 Å². The molecule has 1 aromatic carbocycles. The normalized spacial score (nSPS) is 10.8. The van der Waals surface area contributed by atoms with Gasteiger partial charge in [0.2, 0.25) is 0 Å². The molecule has 0 aliphatic carbocycles. The largest absolute Gasteiger partial charge is 0.398 e. The predicted octanol–water partition coefficient (Wildman–Crippen LogP) is 2.16. The van der Waals surface area contributed by atoms with Crippen LogP contribution in [0.1, 0.15) is 5.56 Å². The van der Waals surface area contributed by atoms with E-state index in [1.165, 1.54) is 6.08 Å². The van der Waals surface area contributed by atoms with Crippen molar-refractivity contribution < 1.29 is 0 Å². The first-order valence-electron chi connectivity index (χ1n) is 3.35. The molecule has 1 aromatic rings. The molecule has 0 bridgehead atoms. The van der Waals surface area contributed by atoms with Crippen LogP contribution in [0.5, 0.6) is 0 Å². The summed E-state index contributed by atoms with van der Waals surface area (Å²) in [4.78, 5) is 0. The molecule has 0 aromatic heterocycles. The SMILES string of the molecule is N#C/C=C(\N)c1ccc(Cl)cc1. The molecule has 0 aliphatic heterocycles. The summed E-state index contributed by atoms with van der Waals surface area (Å²) in [6.45, 7) is 0. The number of benzene rings is 1. The van der Waals surface area contributed by atoms with E-state index in [0.29, 0.717) is 10.7 Å². The van der Waals surface area contributed by atoms with E-state index in [-0.39, 0.29) is 0 Å². The zero-order valence-corrected chi connectivity index (χ0v) is 7.05. The van der Waals surface area contributed by atoms with Crippen LogP contribution in [0.4, 0.5) is 0 Å². The van der Waals surface area contributed by atoms with Gasteiger partial charge in [0.05, 0.1) is 6.07 Å². The quantitative estimate of drug-likeness (QED) is 0.670. The number of allylic oxidation sites excluding steroid dienone is 1. The molecule has 0 heterocycles. The van der Waals surface area contributed by atoms with Crippen molar-refractivity contribution in [2.75, 3.05) is 0 Å². The summed E-state index contributed by atoms with van der Waals surface area (Å²) in [5.74, 6) is 0. The molecule has 0 amide bonds. The Morgan fingerprint density at radius 3 is 2.50 bits per heavy atom. The fraction of sp³-hybridized carbons (Fsp3) is 0. The van der Waals surface area contributed by atoms with Crippen LogP contribution in [0.2, 0.25) is 5.02 Å². The van der Waals surface area contributed by atoms with E-state index in [4.69, 9.17) is 22.6 Å². The number of halogens is 1. The first-order valence-corrected chi connectivity index (χ1v) is 3.73. The molecule has 0 spiro atoms. The molecule has 3 heteroatoms. The maximum absolute atomic E-state index is 8.32. The van der Waals surface area contributed by atoms with E-state index in [0.717, 1.165) is 5.56 Å². The minimum atomic E-state index is 0.453. The highest BCUT2D eigenvalue weighted by molar-refractivity contribution is 6.30. The van der Waals surface area contributed by atoms with Crippen LogP contribution in [-0.2, 0) is 0 Å². The van der Waals surface area contributed by atoms with Crippen molar-refractivity contribution in [2.24, 2.45) is 5.73 Å². The predicted molar refractivity (Wildman–Crippen MR) is 49.2 cm³/mol. The zero-order chi connectivity index (χ0) is 8.97. The van der Waals surface area contributed by atoms with Gasteiger partial charge < -0.3 is 5.73 Å². The standard InChI is InChI=1S/C9H7ClN2/c10-8-3-1-7(2-4-8)9(12)5-6-11/h1-5H,12H2/b9-5-. The lowest BCUT2D eigenvalue weighted by atomic mass is 10.1. The average molecular weight is 179 g/mol. The molecule has 2 N–H and O–H groups in total. The monoisotopic (exact) mass is 178 g/mol. The minimum Gasteiger partial charge on any atom is -0.398 e. The van der Waals surface area contributed by atoms with Crippen LogP contribution in [-0.4, -0.2) is 0 Å². The lowest BCUT2D eigenvalue weighted by Gasteiger charge is -1.98. The molecule has 0 saturated heterocycles. The second-order valence-electron chi connectivity index (χ2n) is 2.24. The van der Waals surface area contributed by atoms with Crippen molar-refractivity contribution in [3.05, 3.63) is 40.9 Å². The molecule has 0 saturated carbocycles. The van der Waals surface area contributed by atoms with E-state index in [2.05, 4.69) is 0 Å². The Bertz CT molecular complexity index is 333. The van der Waals surface area contributed by atoms with Crippen LogP contribution in [0.3, 0.4) is 0 Å². The van der Waals surface area contributed by atoms with Gasteiger partial charge in [-0.15, -0.1) is 0 Å². The fourth-order valence-electron chi connectivity index (χ4n) is 0.795. The van der Waals surface area contributed by atoms with E-state index in [9.17, 15) is 0 Å². The average Bonchev–Trinajstić information content (AvgIpc) is 2.06. The maximum Gasteiger partial charge on any atom is 0.0933 e. The number of hydrogen-bond donors (Lipinski definition) is 1. The zero-order valence-electron chi connectivity index (χ0n) is 6.29. The third-order valence-corrected chi connectivity index (χ3v) is 1.65. The third-order valence-electron chi connectivity index (χ3n) is 1.40. The first-order chi connectivity index (χ1) is 5.74. The van der Waals surface area contributed by atoms with Crippen LogP contribution in [0.25, 0.3) is 5.70 Å². The van der Waals surface area contributed by atoms with Crippen molar-refractivity contribution in [3.8, 4) is 6.07 Å². The first kappa shape index (κ1) is 8.63. The van der Waals surface area contributed by atoms with Gasteiger partial charge in [0, 0.05) is 16.8 Å². The minimum absolute atomic E-state index is 0.453. The van der Waals surface area contributed by atoms with Gasteiger partial charge in [0.15, 0.2) is 0 Å². The van der Waals surface area contributed by atoms with E-state index in [1.54, 1.807) is 24.3 Å². The van der Waals surface area contributed by atoms with Crippen molar-refractivity contribution in [1.29, 1.82) is 5.26 Å². The Morgan fingerprint density at radius 1 is 1.42 bits per heavy atom. The maximum atomic E-state index is 8.32. The molecule has 0 aliphatic rings. The van der Waals surface area contributed by atoms with Gasteiger partial charge in [0.1, 0.15) is 0 Å². The second kappa shape index (κ2) is 3.80. The molecule has 0 atom stereocenters. The highest BCUT2D eigenvalue weighted by Gasteiger charge is 1.94. The number of nitriles is 1. The number of nitrogens with two attached hydrogens (primary N) is 1. The summed E-state index contributed by atoms with van der Waals surface area (Å²) in [5, 5.41) is 8.98. The van der Waals surface area contributed by atoms with E-state index in [1.807, 2.05) is 6.07 Å². The van der Waals surface area contributed by atoms with Crippen molar-refractivity contribution in [3.63, 3.8) is 0 Å². The summed E-state index contributed by atoms with van der Waals surface area (Å²) in [6.07, 6.45) is 1.29. The van der Waals surface area contributed by atoms with Gasteiger partial charge >= 0.3 is 0 Å². The van der Waals surface area contributed by atoms with Crippen LogP contribution in [0, 0.1) is 11.3 Å². The smallest absolute Gasteiger partial charge is 0.0933 e. The second-order valence-corrected chi connectivity index (χ2v) is 2.67. The Labute approximate surface area is 75.9 Å². The lowest BCUT2D eigenvalue weighted by Crippen LogP contribution is -1.94. The van der Waals surface area contributed by atoms with Crippen LogP contribution >= 0.6 is 11.6 Å². The van der Waals surface area contributed by atoms with Gasteiger partial charge in [-0.3, -0.25) is 0 Å². The highest BCUT2D eigenvalue weighted by atomic mass is 35.5. The Balaban J connectivity index is 2.99. The summed E-state index contributed by atoms with van der Waals surface area (Å²) < 4.78 is 0. The van der Waals surface area contributed by atoms with Crippen molar-refractivity contribution >= 4 is 17.3 Å². The van der Waals surface area contributed by atoms with Gasteiger partial charge in [-0.2, -0.15) is 5.26 Å². The number of nitrogens with zero attached hydrogens (tertiary/aromatic N) is 1. The molecule has 2 nitrogen and oxygen atoms in total. The summed E-state index contributed by atoms with van der Waals surface area (Å²) >= 11 is 5.67. The molecule has 0 fully saturated rings. The summed E-state index contributed by atoms with van der Waals surface area (Å²) in [7, 11) is 0. The lowest BCUT2D eigenvalue weighted by molar-refractivity contribution is 1.49. The third kappa shape index (κ3) is 2.01. The van der Waals surface area contributed by atoms with Gasteiger partial charge in [-0.1, -0.05) is 23.7 Å². The van der Waals surface area contributed by atoms with Gasteiger partial charge in [0.25, 0.3) is 0 Å². The molecular weight excluding hydrogens is 172 g/mol. The summed E-state index contributed by atoms with van der Waals surface area (Å²) in [5.41, 5.74) is 6.81. The van der Waals surface area contributed by atoms with E-state index < -0.39 is 0 Å². The molecule has 60 valence electrons. The van der Waals surface area contributed by atoms with Gasteiger partial charge in [-0.05, 0) is 17.7 Å². The Kier molecular flexibility index (Phi) is 2.73. The molecular formula is C9H7ClN2. The fourth-order valence-corrected chi connectivity index (χ4v) is 0.921. The highest BCUT2D eigenvalue weighted by Crippen LogP contribution is 2.13. The summed E-state index contributed by atoms with van der Waals surface area (Å²) in [6, 6.07) is 8.86. The molecule has 0 radical (unpaired) electrons.